The Morgan fingerprint density at radius 3 is 2.55 bits per heavy atom. The number of hydrogen-bond acceptors (Lipinski definition) is 3. The van der Waals surface area contributed by atoms with Gasteiger partial charge < -0.3 is 10.2 Å². The van der Waals surface area contributed by atoms with Gasteiger partial charge in [-0.2, -0.15) is 0 Å². The van der Waals surface area contributed by atoms with E-state index in [9.17, 15) is 9.59 Å². The molecule has 0 radical (unpaired) electrons. The number of nitrogens with one attached hydrogen (secondary N) is 1. The van der Waals surface area contributed by atoms with Crippen LogP contribution in [0.3, 0.4) is 0 Å². The monoisotopic (exact) mass is 303 g/mol. The Labute approximate surface area is 132 Å². The highest BCUT2D eigenvalue weighted by molar-refractivity contribution is 5.80. The number of rotatable bonds is 7. The molecule has 22 heavy (non-hydrogen) atoms. The zero-order valence-electron chi connectivity index (χ0n) is 13.3. The number of carbonyl (C=O) groups excluding carboxylic acids is 2. The maximum absolute atomic E-state index is 11.9. The second kappa shape index (κ2) is 8.54. The van der Waals surface area contributed by atoms with Gasteiger partial charge in [-0.15, -0.1) is 0 Å². The number of carbonyl (C=O) groups is 2. The van der Waals surface area contributed by atoms with Gasteiger partial charge in [0.15, 0.2) is 0 Å². The zero-order valence-corrected chi connectivity index (χ0v) is 13.3. The van der Waals surface area contributed by atoms with Crippen molar-refractivity contribution in [3.8, 4) is 0 Å². The second-order valence-corrected chi connectivity index (χ2v) is 5.85. The van der Waals surface area contributed by atoms with Crippen LogP contribution in [-0.2, 0) is 16.1 Å². The van der Waals surface area contributed by atoms with Crippen molar-refractivity contribution in [2.45, 2.75) is 25.8 Å². The SMILES string of the molecule is CN(CC(=O)NCCC(=O)N1CCCC1)Cc1ccccc1. The summed E-state index contributed by atoms with van der Waals surface area (Å²) in [5, 5.41) is 2.83. The van der Waals surface area contributed by atoms with E-state index in [4.69, 9.17) is 0 Å². The first kappa shape index (κ1) is 16.5. The smallest absolute Gasteiger partial charge is 0.234 e. The van der Waals surface area contributed by atoms with Crippen molar-refractivity contribution in [3.63, 3.8) is 0 Å². The van der Waals surface area contributed by atoms with Gasteiger partial charge in [-0.05, 0) is 25.5 Å². The zero-order chi connectivity index (χ0) is 15.8. The molecule has 5 nitrogen and oxygen atoms in total. The summed E-state index contributed by atoms with van der Waals surface area (Å²) < 4.78 is 0. The third-order valence-corrected chi connectivity index (χ3v) is 3.83. The highest BCUT2D eigenvalue weighted by Gasteiger charge is 2.17. The molecule has 1 N–H and O–H groups in total. The van der Waals surface area contributed by atoms with E-state index in [1.807, 2.05) is 47.2 Å². The highest BCUT2D eigenvalue weighted by Crippen LogP contribution is 2.08. The quantitative estimate of drug-likeness (QED) is 0.825. The summed E-state index contributed by atoms with van der Waals surface area (Å²) in [6.07, 6.45) is 2.60. The van der Waals surface area contributed by atoms with Crippen LogP contribution in [0, 0.1) is 0 Å². The fourth-order valence-electron chi connectivity index (χ4n) is 2.69. The molecule has 1 heterocycles. The van der Waals surface area contributed by atoms with E-state index in [1.54, 1.807) is 0 Å². The van der Waals surface area contributed by atoms with Crippen molar-refractivity contribution in [1.82, 2.24) is 15.1 Å². The topological polar surface area (TPSA) is 52.7 Å². The minimum Gasteiger partial charge on any atom is -0.354 e. The van der Waals surface area contributed by atoms with Crippen molar-refractivity contribution >= 4 is 11.8 Å². The lowest BCUT2D eigenvalue weighted by Crippen LogP contribution is -2.37. The molecule has 1 aromatic carbocycles. The third kappa shape index (κ3) is 5.48. The van der Waals surface area contributed by atoms with Gasteiger partial charge in [-0.25, -0.2) is 0 Å². The Balaban J connectivity index is 1.61. The van der Waals surface area contributed by atoms with Gasteiger partial charge in [-0.1, -0.05) is 30.3 Å². The maximum atomic E-state index is 11.9. The Morgan fingerprint density at radius 1 is 1.18 bits per heavy atom. The van der Waals surface area contributed by atoms with Gasteiger partial charge in [-0.3, -0.25) is 14.5 Å². The first-order valence-corrected chi connectivity index (χ1v) is 7.92. The number of amides is 2. The van der Waals surface area contributed by atoms with Gasteiger partial charge in [0.1, 0.15) is 0 Å². The fraction of sp³-hybridized carbons (Fsp3) is 0.529. The normalized spacial score (nSPS) is 14.4. The summed E-state index contributed by atoms with van der Waals surface area (Å²) in [6.45, 7) is 3.24. The Hall–Kier alpha value is -1.88. The number of likely N-dealkylation sites (N-methyl/N-ethyl adjacent to an activating group) is 1. The van der Waals surface area contributed by atoms with E-state index in [-0.39, 0.29) is 11.8 Å². The average molecular weight is 303 g/mol. The molecule has 1 aromatic rings. The van der Waals surface area contributed by atoms with Gasteiger partial charge in [0.2, 0.25) is 11.8 Å². The predicted octanol–water partition coefficient (Wildman–Crippen LogP) is 1.25. The van der Waals surface area contributed by atoms with Crippen LogP contribution in [0.2, 0.25) is 0 Å². The standard InChI is InChI=1S/C17H25N3O2/c1-19(13-15-7-3-2-4-8-15)14-16(21)18-10-9-17(22)20-11-5-6-12-20/h2-4,7-8H,5-6,9-14H2,1H3,(H,18,21). The summed E-state index contributed by atoms with van der Waals surface area (Å²) in [6, 6.07) is 10.1. The molecular formula is C17H25N3O2. The summed E-state index contributed by atoms with van der Waals surface area (Å²) in [5.74, 6) is 0.114. The van der Waals surface area contributed by atoms with Crippen LogP contribution in [0.15, 0.2) is 30.3 Å². The minimum atomic E-state index is -0.0346. The predicted molar refractivity (Wildman–Crippen MR) is 86.2 cm³/mol. The Bertz CT molecular complexity index is 484. The van der Waals surface area contributed by atoms with Crippen LogP contribution in [0.5, 0.6) is 0 Å². The molecule has 0 atom stereocenters. The minimum absolute atomic E-state index is 0.0346. The van der Waals surface area contributed by atoms with Gasteiger partial charge in [0.25, 0.3) is 0 Å². The summed E-state index contributed by atoms with van der Waals surface area (Å²) in [4.78, 5) is 27.6. The Morgan fingerprint density at radius 2 is 1.86 bits per heavy atom. The first-order chi connectivity index (χ1) is 10.6. The molecule has 0 spiro atoms. The molecular weight excluding hydrogens is 278 g/mol. The van der Waals surface area contributed by atoms with Crippen molar-refractivity contribution in [2.24, 2.45) is 0 Å². The largest absolute Gasteiger partial charge is 0.354 e. The van der Waals surface area contributed by atoms with Crippen molar-refractivity contribution < 1.29 is 9.59 Å². The van der Waals surface area contributed by atoms with Crippen LogP contribution in [0.4, 0.5) is 0 Å². The van der Waals surface area contributed by atoms with Crippen LogP contribution < -0.4 is 5.32 Å². The molecule has 2 amide bonds. The van der Waals surface area contributed by atoms with Crippen molar-refractivity contribution in [2.75, 3.05) is 33.2 Å². The van der Waals surface area contributed by atoms with Crippen molar-refractivity contribution in [3.05, 3.63) is 35.9 Å². The van der Waals surface area contributed by atoms with Crippen LogP contribution in [-0.4, -0.2) is 54.8 Å². The van der Waals surface area contributed by atoms with Crippen LogP contribution in [0.1, 0.15) is 24.8 Å². The number of hydrogen-bond donors (Lipinski definition) is 1. The summed E-state index contributed by atoms with van der Waals surface area (Å²) in [5.41, 5.74) is 1.18. The molecule has 1 aliphatic rings. The van der Waals surface area contributed by atoms with Gasteiger partial charge in [0.05, 0.1) is 6.54 Å². The van der Waals surface area contributed by atoms with E-state index < -0.39 is 0 Å². The lowest BCUT2D eigenvalue weighted by molar-refractivity contribution is -0.130. The van der Waals surface area contributed by atoms with Gasteiger partial charge in [0, 0.05) is 32.6 Å². The molecule has 0 saturated carbocycles. The van der Waals surface area contributed by atoms with Crippen LogP contribution in [0.25, 0.3) is 0 Å². The molecule has 0 bridgehead atoms. The first-order valence-electron chi connectivity index (χ1n) is 7.92. The highest BCUT2D eigenvalue weighted by atomic mass is 16.2. The molecule has 120 valence electrons. The van der Waals surface area contributed by atoms with E-state index in [0.29, 0.717) is 19.5 Å². The number of likely N-dealkylation sites (tertiary alicyclic amines) is 1. The number of benzene rings is 1. The van der Waals surface area contributed by atoms with Crippen molar-refractivity contribution in [1.29, 1.82) is 0 Å². The molecule has 0 aliphatic carbocycles. The van der Waals surface area contributed by atoms with E-state index in [0.717, 1.165) is 32.5 Å². The summed E-state index contributed by atoms with van der Waals surface area (Å²) >= 11 is 0. The molecule has 5 heteroatoms. The molecule has 2 rings (SSSR count). The third-order valence-electron chi connectivity index (χ3n) is 3.83. The Kier molecular flexibility index (Phi) is 6.40. The molecule has 1 saturated heterocycles. The average Bonchev–Trinajstić information content (AvgIpc) is 3.02. The second-order valence-electron chi connectivity index (χ2n) is 5.85. The fourth-order valence-corrected chi connectivity index (χ4v) is 2.69. The number of nitrogens with zero attached hydrogens (tertiary/aromatic N) is 2. The van der Waals surface area contributed by atoms with E-state index >= 15 is 0 Å². The maximum Gasteiger partial charge on any atom is 0.234 e. The molecule has 0 aromatic heterocycles. The van der Waals surface area contributed by atoms with E-state index in [2.05, 4.69) is 5.32 Å². The van der Waals surface area contributed by atoms with Gasteiger partial charge >= 0.3 is 0 Å². The molecule has 1 fully saturated rings. The molecule has 0 unspecified atom stereocenters. The molecule has 1 aliphatic heterocycles. The summed E-state index contributed by atoms with van der Waals surface area (Å²) in [7, 11) is 1.92. The lowest BCUT2D eigenvalue weighted by atomic mass is 10.2. The van der Waals surface area contributed by atoms with Crippen LogP contribution >= 0.6 is 0 Å². The van der Waals surface area contributed by atoms with E-state index in [1.165, 1.54) is 5.56 Å². The lowest BCUT2D eigenvalue weighted by Gasteiger charge is -2.17.